The number of ether oxygens (including phenoxy) is 1. The van der Waals surface area contributed by atoms with E-state index in [1.165, 1.54) is 0 Å². The highest BCUT2D eigenvalue weighted by Gasteiger charge is 2.17. The Labute approximate surface area is 112 Å². The largest absolute Gasteiger partial charge is 0.507 e. The molecule has 0 saturated carbocycles. The molecule has 0 aliphatic heterocycles. The minimum atomic E-state index is -1.10. The van der Waals surface area contributed by atoms with Gasteiger partial charge in [0, 0.05) is 16.5 Å². The van der Waals surface area contributed by atoms with Crippen LogP contribution in [0.3, 0.4) is 0 Å². The summed E-state index contributed by atoms with van der Waals surface area (Å²) in [7, 11) is 0. The highest BCUT2D eigenvalue weighted by Crippen LogP contribution is 2.31. The summed E-state index contributed by atoms with van der Waals surface area (Å²) in [5.41, 5.74) is 0.268. The van der Waals surface area contributed by atoms with Gasteiger partial charge < -0.3 is 20.3 Å². The van der Waals surface area contributed by atoms with Crippen molar-refractivity contribution in [2.75, 3.05) is 5.32 Å². The van der Waals surface area contributed by atoms with Crippen LogP contribution in [0.5, 0.6) is 5.75 Å². The van der Waals surface area contributed by atoms with Crippen LogP contribution in [0.15, 0.2) is 36.4 Å². The second-order valence-electron chi connectivity index (χ2n) is 5.40. The first-order chi connectivity index (χ1) is 8.87. The van der Waals surface area contributed by atoms with Gasteiger partial charge in [0.1, 0.15) is 5.75 Å². The van der Waals surface area contributed by atoms with Gasteiger partial charge in [0.05, 0.1) is 5.60 Å². The highest BCUT2D eigenvalue weighted by atomic mass is 16.6. The molecule has 0 amide bonds. The molecule has 2 rings (SSSR count). The first-order valence-electron chi connectivity index (χ1n) is 6.20. The van der Waals surface area contributed by atoms with Gasteiger partial charge >= 0.3 is 0 Å². The van der Waals surface area contributed by atoms with E-state index in [-0.39, 0.29) is 5.75 Å². The van der Waals surface area contributed by atoms with E-state index in [9.17, 15) is 10.2 Å². The number of phenolic OH excluding ortho intramolecular Hbond substituents is 1. The van der Waals surface area contributed by atoms with Crippen LogP contribution in [0.2, 0.25) is 0 Å². The molecule has 0 bridgehead atoms. The normalized spacial score (nSPS) is 13.5. The van der Waals surface area contributed by atoms with Crippen LogP contribution in [0.1, 0.15) is 20.8 Å². The molecule has 0 spiro atoms. The number of phenols is 1. The van der Waals surface area contributed by atoms with Gasteiger partial charge in [-0.05, 0) is 32.9 Å². The molecule has 2 aromatic rings. The van der Waals surface area contributed by atoms with E-state index in [1.54, 1.807) is 12.1 Å². The lowest BCUT2D eigenvalue weighted by Gasteiger charge is -2.25. The van der Waals surface area contributed by atoms with Crippen molar-refractivity contribution in [2.24, 2.45) is 0 Å². The molecule has 0 aliphatic carbocycles. The minimum Gasteiger partial charge on any atom is -0.507 e. The molecular weight excluding hydrogens is 242 g/mol. The summed E-state index contributed by atoms with van der Waals surface area (Å²) < 4.78 is 5.40. The fraction of sp³-hybridized carbons (Fsp3) is 0.333. The van der Waals surface area contributed by atoms with E-state index in [1.807, 2.05) is 45.0 Å². The van der Waals surface area contributed by atoms with Gasteiger partial charge in [-0.25, -0.2) is 0 Å². The third kappa shape index (κ3) is 3.36. The molecule has 3 N–H and O–H groups in total. The van der Waals surface area contributed by atoms with E-state index in [0.29, 0.717) is 5.69 Å². The second-order valence-corrected chi connectivity index (χ2v) is 5.40. The molecule has 0 radical (unpaired) electrons. The zero-order valence-electron chi connectivity index (χ0n) is 11.3. The van der Waals surface area contributed by atoms with Crippen molar-refractivity contribution in [3.05, 3.63) is 36.4 Å². The molecule has 19 heavy (non-hydrogen) atoms. The van der Waals surface area contributed by atoms with Crippen LogP contribution in [0.25, 0.3) is 10.8 Å². The monoisotopic (exact) mass is 261 g/mol. The molecule has 0 heterocycles. The van der Waals surface area contributed by atoms with Crippen LogP contribution in [0, 0.1) is 0 Å². The van der Waals surface area contributed by atoms with Gasteiger partial charge in [-0.3, -0.25) is 0 Å². The fourth-order valence-corrected chi connectivity index (χ4v) is 1.91. The molecule has 1 unspecified atom stereocenters. The van der Waals surface area contributed by atoms with E-state index in [2.05, 4.69) is 5.32 Å². The predicted octanol–water partition coefficient (Wildman–Crippen LogP) is 3.05. The van der Waals surface area contributed by atoms with Crippen LogP contribution in [-0.2, 0) is 4.74 Å². The SMILES string of the molecule is CC(C)(C)OC(O)Nc1ccc(O)c2ccccc12. The van der Waals surface area contributed by atoms with Crippen LogP contribution < -0.4 is 5.32 Å². The van der Waals surface area contributed by atoms with Crippen molar-refractivity contribution in [2.45, 2.75) is 32.8 Å². The zero-order valence-corrected chi connectivity index (χ0v) is 11.3. The van der Waals surface area contributed by atoms with Crippen molar-refractivity contribution >= 4 is 16.5 Å². The Morgan fingerprint density at radius 2 is 1.68 bits per heavy atom. The van der Waals surface area contributed by atoms with E-state index in [0.717, 1.165) is 10.8 Å². The van der Waals surface area contributed by atoms with Crippen LogP contribution >= 0.6 is 0 Å². The van der Waals surface area contributed by atoms with Gasteiger partial charge in [-0.15, -0.1) is 0 Å². The van der Waals surface area contributed by atoms with Crippen molar-refractivity contribution in [1.82, 2.24) is 0 Å². The molecule has 0 saturated heterocycles. The quantitative estimate of drug-likeness (QED) is 0.587. The van der Waals surface area contributed by atoms with Gasteiger partial charge in [0.2, 0.25) is 6.41 Å². The summed E-state index contributed by atoms with van der Waals surface area (Å²) in [5.74, 6) is 0.215. The number of rotatable bonds is 3. The first kappa shape index (κ1) is 13.6. The number of anilines is 1. The van der Waals surface area contributed by atoms with E-state index < -0.39 is 12.0 Å². The topological polar surface area (TPSA) is 61.7 Å². The summed E-state index contributed by atoms with van der Waals surface area (Å²) in [6.07, 6.45) is -1.10. The highest BCUT2D eigenvalue weighted by molar-refractivity contribution is 5.97. The Hall–Kier alpha value is -1.78. The molecule has 2 aromatic carbocycles. The summed E-state index contributed by atoms with van der Waals surface area (Å²) >= 11 is 0. The molecule has 1 atom stereocenters. The number of fused-ring (bicyclic) bond motifs is 1. The molecule has 0 aliphatic rings. The molecule has 4 heteroatoms. The Morgan fingerprint density at radius 1 is 1.05 bits per heavy atom. The van der Waals surface area contributed by atoms with Crippen LogP contribution in [0.4, 0.5) is 5.69 Å². The summed E-state index contributed by atoms with van der Waals surface area (Å²) in [4.78, 5) is 0. The van der Waals surface area contributed by atoms with E-state index in [4.69, 9.17) is 4.74 Å². The Balaban J connectivity index is 2.29. The number of aliphatic hydroxyl groups excluding tert-OH is 1. The second kappa shape index (κ2) is 5.07. The number of benzene rings is 2. The maximum absolute atomic E-state index is 9.87. The van der Waals surface area contributed by atoms with Gasteiger partial charge in [-0.1, -0.05) is 24.3 Å². The lowest BCUT2D eigenvalue weighted by molar-refractivity contribution is -0.148. The zero-order chi connectivity index (χ0) is 14.0. The lowest BCUT2D eigenvalue weighted by atomic mass is 10.1. The summed E-state index contributed by atoms with van der Waals surface area (Å²) in [5, 5.41) is 24.1. The minimum absolute atomic E-state index is 0.215. The number of hydrogen-bond donors (Lipinski definition) is 3. The van der Waals surface area contributed by atoms with Crippen molar-refractivity contribution in [3.8, 4) is 5.75 Å². The fourth-order valence-electron chi connectivity index (χ4n) is 1.91. The van der Waals surface area contributed by atoms with Gasteiger partial charge in [0.15, 0.2) is 0 Å². The van der Waals surface area contributed by atoms with Crippen molar-refractivity contribution < 1.29 is 14.9 Å². The molecule has 4 nitrogen and oxygen atoms in total. The third-order valence-electron chi connectivity index (χ3n) is 2.65. The summed E-state index contributed by atoms with van der Waals surface area (Å²) in [6.45, 7) is 5.60. The van der Waals surface area contributed by atoms with Gasteiger partial charge in [-0.2, -0.15) is 0 Å². The molecule has 0 fully saturated rings. The molecule has 0 aromatic heterocycles. The van der Waals surface area contributed by atoms with Gasteiger partial charge in [0.25, 0.3) is 0 Å². The van der Waals surface area contributed by atoms with Crippen molar-refractivity contribution in [3.63, 3.8) is 0 Å². The molecular formula is C15H19NO3. The smallest absolute Gasteiger partial charge is 0.235 e. The third-order valence-corrected chi connectivity index (χ3v) is 2.65. The summed E-state index contributed by atoms with van der Waals surface area (Å²) in [6, 6.07) is 10.7. The maximum atomic E-state index is 9.87. The first-order valence-corrected chi connectivity index (χ1v) is 6.20. The maximum Gasteiger partial charge on any atom is 0.235 e. The predicted molar refractivity (Wildman–Crippen MR) is 76.1 cm³/mol. The average molecular weight is 261 g/mol. The van der Waals surface area contributed by atoms with Crippen molar-refractivity contribution in [1.29, 1.82) is 0 Å². The molecule has 102 valence electrons. The Bertz CT molecular complexity index is 575. The number of hydrogen-bond acceptors (Lipinski definition) is 4. The standard InChI is InChI=1S/C15H19NO3/c1-15(2,3)19-14(18)16-12-8-9-13(17)11-7-5-4-6-10(11)12/h4-9,14,16-18H,1-3H3. The Kier molecular flexibility index (Phi) is 3.64. The average Bonchev–Trinajstić information content (AvgIpc) is 2.31. The lowest BCUT2D eigenvalue weighted by Crippen LogP contribution is -2.32. The number of aromatic hydroxyl groups is 1. The van der Waals surface area contributed by atoms with E-state index >= 15 is 0 Å². The Morgan fingerprint density at radius 3 is 2.32 bits per heavy atom. The number of nitrogens with one attached hydrogen (secondary N) is 1. The number of aliphatic hydroxyl groups is 1. The van der Waals surface area contributed by atoms with Crippen LogP contribution in [-0.4, -0.2) is 22.2 Å².